The fourth-order valence-electron chi connectivity index (χ4n) is 1.73. The molecule has 1 fully saturated rings. The van der Waals surface area contributed by atoms with E-state index in [9.17, 15) is 13.2 Å². The molecule has 2 N–H and O–H groups in total. The lowest BCUT2D eigenvalue weighted by molar-refractivity contribution is -0.181. The average molecular weight is 248 g/mol. The van der Waals surface area contributed by atoms with Crippen molar-refractivity contribution >= 4 is 0 Å². The van der Waals surface area contributed by atoms with Crippen molar-refractivity contribution in [1.29, 1.82) is 0 Å². The van der Waals surface area contributed by atoms with E-state index >= 15 is 0 Å². The van der Waals surface area contributed by atoms with Gasteiger partial charge in [0.15, 0.2) is 0 Å². The number of ether oxygens (including phenoxy) is 1. The zero-order chi connectivity index (χ0) is 12.5. The molecular formula is C11H15F3N2O. The summed E-state index contributed by atoms with van der Waals surface area (Å²) in [6.45, 7) is -1.33. The molecule has 0 bridgehead atoms. The zero-order valence-corrected chi connectivity index (χ0v) is 9.28. The zero-order valence-electron chi connectivity index (χ0n) is 9.28. The molecule has 2 rings (SSSR count). The second-order valence-electron chi connectivity index (χ2n) is 4.42. The molecule has 0 aliphatic heterocycles. The van der Waals surface area contributed by atoms with Gasteiger partial charge in [-0.1, -0.05) is 0 Å². The molecule has 0 amide bonds. The number of aromatic nitrogens is 1. The largest absolute Gasteiger partial charge is 0.411 e. The molecule has 96 valence electrons. The highest BCUT2D eigenvalue weighted by Crippen LogP contribution is 2.39. The van der Waals surface area contributed by atoms with E-state index in [0.29, 0.717) is 5.92 Å². The van der Waals surface area contributed by atoms with Gasteiger partial charge in [-0.3, -0.25) is 0 Å². The third-order valence-electron chi connectivity index (χ3n) is 2.79. The van der Waals surface area contributed by atoms with Gasteiger partial charge in [-0.25, -0.2) is 0 Å². The predicted molar refractivity (Wildman–Crippen MR) is 56.1 cm³/mol. The van der Waals surface area contributed by atoms with Crippen LogP contribution in [-0.4, -0.2) is 17.4 Å². The molecule has 0 aromatic carbocycles. The third kappa shape index (κ3) is 3.74. The topological polar surface area (TPSA) is 40.2 Å². The van der Waals surface area contributed by atoms with Crippen LogP contribution in [0, 0.1) is 5.92 Å². The molecule has 0 radical (unpaired) electrons. The molecule has 1 aromatic heterocycles. The van der Waals surface area contributed by atoms with E-state index in [4.69, 9.17) is 5.73 Å². The molecule has 1 aliphatic carbocycles. The van der Waals surface area contributed by atoms with Crippen molar-refractivity contribution in [2.75, 3.05) is 6.61 Å². The van der Waals surface area contributed by atoms with Crippen LogP contribution in [0.15, 0.2) is 18.5 Å². The van der Waals surface area contributed by atoms with Crippen molar-refractivity contribution in [2.24, 2.45) is 11.7 Å². The molecule has 1 aromatic rings. The summed E-state index contributed by atoms with van der Waals surface area (Å²) in [7, 11) is 0. The molecule has 1 aliphatic rings. The molecule has 17 heavy (non-hydrogen) atoms. The van der Waals surface area contributed by atoms with E-state index < -0.39 is 12.8 Å². The fraction of sp³-hybridized carbons (Fsp3) is 0.636. The highest BCUT2D eigenvalue weighted by atomic mass is 19.4. The molecule has 1 heterocycles. The monoisotopic (exact) mass is 248 g/mol. The van der Waals surface area contributed by atoms with Crippen LogP contribution in [-0.2, 0) is 11.5 Å². The Morgan fingerprint density at radius 2 is 2.18 bits per heavy atom. The lowest BCUT2D eigenvalue weighted by Gasteiger charge is -2.09. The van der Waals surface area contributed by atoms with Crippen molar-refractivity contribution in [3.8, 4) is 0 Å². The van der Waals surface area contributed by atoms with Crippen molar-refractivity contribution in [3.05, 3.63) is 24.0 Å². The van der Waals surface area contributed by atoms with E-state index in [2.05, 4.69) is 4.74 Å². The Hall–Kier alpha value is -1.01. The number of hydrogen-bond donors (Lipinski definition) is 1. The van der Waals surface area contributed by atoms with E-state index in [1.165, 1.54) is 0 Å². The first-order valence-electron chi connectivity index (χ1n) is 5.51. The maximum absolute atomic E-state index is 11.9. The van der Waals surface area contributed by atoms with Crippen molar-refractivity contribution in [3.63, 3.8) is 0 Å². The Morgan fingerprint density at radius 1 is 1.47 bits per heavy atom. The van der Waals surface area contributed by atoms with Crippen LogP contribution in [0.2, 0.25) is 0 Å². The van der Waals surface area contributed by atoms with Crippen molar-refractivity contribution < 1.29 is 17.9 Å². The second kappa shape index (κ2) is 4.70. The number of halogens is 3. The molecule has 1 unspecified atom stereocenters. The SMILES string of the molecule is NC(c1ccn(COCC(F)(F)F)c1)C1CC1. The number of nitrogens with two attached hydrogens (primary N) is 1. The Kier molecular flexibility index (Phi) is 3.44. The predicted octanol–water partition coefficient (Wildman–Crippen LogP) is 2.43. The first-order chi connectivity index (χ1) is 7.96. The highest BCUT2D eigenvalue weighted by Gasteiger charge is 2.30. The molecule has 0 spiro atoms. The van der Waals surface area contributed by atoms with Gasteiger partial charge < -0.3 is 15.0 Å². The summed E-state index contributed by atoms with van der Waals surface area (Å²) >= 11 is 0. The summed E-state index contributed by atoms with van der Waals surface area (Å²) in [5.41, 5.74) is 6.94. The molecule has 1 atom stereocenters. The molecular weight excluding hydrogens is 233 g/mol. The second-order valence-corrected chi connectivity index (χ2v) is 4.42. The van der Waals surface area contributed by atoms with Gasteiger partial charge in [-0.15, -0.1) is 0 Å². The normalized spacial score (nSPS) is 18.4. The van der Waals surface area contributed by atoms with Crippen LogP contribution >= 0.6 is 0 Å². The first kappa shape index (κ1) is 12.4. The lowest BCUT2D eigenvalue weighted by atomic mass is 10.1. The van der Waals surface area contributed by atoms with E-state index in [-0.39, 0.29) is 12.8 Å². The standard InChI is InChI=1S/C11H15F3N2O/c12-11(13,14)6-17-7-16-4-3-9(5-16)10(15)8-1-2-8/h3-5,8,10H,1-2,6-7,15H2. The summed E-state index contributed by atoms with van der Waals surface area (Å²) in [6, 6.07) is 1.83. The van der Waals surface area contributed by atoms with Gasteiger partial charge in [0.2, 0.25) is 0 Å². The van der Waals surface area contributed by atoms with Gasteiger partial charge in [-0.05, 0) is 30.4 Å². The summed E-state index contributed by atoms with van der Waals surface area (Å²) in [5.74, 6) is 0.530. The average Bonchev–Trinajstić information content (AvgIpc) is 2.96. The van der Waals surface area contributed by atoms with Crippen LogP contribution in [0.5, 0.6) is 0 Å². The lowest BCUT2D eigenvalue weighted by Crippen LogP contribution is -2.18. The fourth-order valence-corrected chi connectivity index (χ4v) is 1.73. The maximum Gasteiger partial charge on any atom is 0.411 e. The van der Waals surface area contributed by atoms with Crippen LogP contribution in [0.3, 0.4) is 0 Å². The van der Waals surface area contributed by atoms with Gasteiger partial charge in [0.05, 0.1) is 0 Å². The maximum atomic E-state index is 11.9. The van der Waals surface area contributed by atoms with Gasteiger partial charge >= 0.3 is 6.18 Å². The molecule has 3 nitrogen and oxygen atoms in total. The minimum atomic E-state index is -4.28. The Bertz CT molecular complexity index is 371. The molecule has 0 saturated heterocycles. The highest BCUT2D eigenvalue weighted by molar-refractivity contribution is 5.17. The molecule has 6 heteroatoms. The third-order valence-corrected chi connectivity index (χ3v) is 2.79. The Labute approximate surface area is 97.3 Å². The Balaban J connectivity index is 1.81. The number of hydrogen-bond acceptors (Lipinski definition) is 2. The smallest absolute Gasteiger partial charge is 0.351 e. The van der Waals surface area contributed by atoms with E-state index in [1.54, 1.807) is 17.0 Å². The van der Waals surface area contributed by atoms with Gasteiger partial charge in [0.25, 0.3) is 0 Å². The van der Waals surface area contributed by atoms with Crippen LogP contribution < -0.4 is 5.73 Å². The first-order valence-corrected chi connectivity index (χ1v) is 5.51. The van der Waals surface area contributed by atoms with Crippen LogP contribution in [0.4, 0.5) is 13.2 Å². The Morgan fingerprint density at radius 3 is 2.76 bits per heavy atom. The summed E-state index contributed by atoms with van der Waals surface area (Å²) in [4.78, 5) is 0. The number of rotatable bonds is 5. The van der Waals surface area contributed by atoms with Gasteiger partial charge in [0.1, 0.15) is 13.3 Å². The molecule has 1 saturated carbocycles. The number of alkyl halides is 3. The van der Waals surface area contributed by atoms with Crippen LogP contribution in [0.25, 0.3) is 0 Å². The van der Waals surface area contributed by atoms with Crippen LogP contribution in [0.1, 0.15) is 24.4 Å². The summed E-state index contributed by atoms with van der Waals surface area (Å²) in [6.07, 6.45) is 1.43. The van der Waals surface area contributed by atoms with Crippen molar-refractivity contribution in [1.82, 2.24) is 4.57 Å². The van der Waals surface area contributed by atoms with Gasteiger partial charge in [0, 0.05) is 18.4 Å². The summed E-state index contributed by atoms with van der Waals surface area (Å²) < 4.78 is 41.7. The summed E-state index contributed by atoms with van der Waals surface area (Å²) in [5, 5.41) is 0. The van der Waals surface area contributed by atoms with Crippen molar-refractivity contribution in [2.45, 2.75) is 31.8 Å². The quantitative estimate of drug-likeness (QED) is 0.869. The minimum absolute atomic E-state index is 0.00105. The van der Waals surface area contributed by atoms with E-state index in [0.717, 1.165) is 18.4 Å². The van der Waals surface area contributed by atoms with E-state index in [1.807, 2.05) is 6.07 Å². The minimum Gasteiger partial charge on any atom is -0.351 e. The van der Waals surface area contributed by atoms with Gasteiger partial charge in [-0.2, -0.15) is 13.2 Å². The number of nitrogens with zero attached hydrogens (tertiary/aromatic N) is 1.